The van der Waals surface area contributed by atoms with Gasteiger partial charge in [-0.05, 0) is 38.0 Å². The fourth-order valence-corrected chi connectivity index (χ4v) is 6.51. The second-order valence-electron chi connectivity index (χ2n) is 10.3. The summed E-state index contributed by atoms with van der Waals surface area (Å²) in [7, 11) is 3.02. The third-order valence-corrected chi connectivity index (χ3v) is 9.00. The number of allylic oxidation sites excluding steroid dienone is 2. The molecule has 0 aromatic carbocycles. The van der Waals surface area contributed by atoms with Crippen LogP contribution in [0.5, 0.6) is 0 Å². The molecule has 1 rings (SSSR count). The van der Waals surface area contributed by atoms with Crippen LogP contribution in [0.25, 0.3) is 0 Å². The van der Waals surface area contributed by atoms with Crippen molar-refractivity contribution >= 4 is 50.9 Å². The van der Waals surface area contributed by atoms with Gasteiger partial charge in [0.15, 0.2) is 11.6 Å². The third kappa shape index (κ3) is 11.4. The van der Waals surface area contributed by atoms with Crippen LogP contribution in [0.4, 0.5) is 0 Å². The maximum Gasteiger partial charge on any atom is 0.313 e. The van der Waals surface area contributed by atoms with E-state index >= 15 is 0 Å². The van der Waals surface area contributed by atoms with Gasteiger partial charge in [-0.25, -0.2) is 0 Å². The number of amides is 2. The van der Waals surface area contributed by atoms with Gasteiger partial charge in [0.05, 0.1) is 17.5 Å². The molecule has 0 radical (unpaired) electrons. The Hall–Kier alpha value is -2.33. The number of nitrogens with one attached hydrogen (secondary N) is 2. The lowest BCUT2D eigenvalue weighted by atomic mass is 9.84. The van der Waals surface area contributed by atoms with Crippen molar-refractivity contribution in [3.8, 4) is 0 Å². The van der Waals surface area contributed by atoms with E-state index in [0.29, 0.717) is 6.42 Å². The molecule has 0 bridgehead atoms. The number of hydrogen-bond acceptors (Lipinski definition) is 8. The number of hydrogen-bond donors (Lipinski definition) is 2. The number of Topliss-reactive ketones (excluding diaryl/α,β-unsaturated/α-hetero) is 2. The molecule has 2 N–H and O–H groups in total. The van der Waals surface area contributed by atoms with Gasteiger partial charge < -0.3 is 15.4 Å². The highest BCUT2D eigenvalue weighted by atomic mass is 33.1. The molecule has 4 atom stereocenters. The standard InChI is InChI=1S/C29H44N2O6S2/c1-9-22(17(3)4)29(36)37-21-13-11-12-14-38-39-16-24(27(34)30-23(10-2)20(8)32)31-28(35)26(18(5)6)19(7)25(33)15-21/h9-10,17-18,21-22,24,26H,1,7,11-16H2,2-6,8H3,(H,30,34)(H,31,35)/b23-10-/t21-,22+,24-,26+/m1/s1. The van der Waals surface area contributed by atoms with Gasteiger partial charge >= 0.3 is 5.97 Å². The molecule has 0 aromatic heterocycles. The number of carbonyl (C=O) groups excluding carboxylic acids is 5. The molecule has 8 nitrogen and oxygen atoms in total. The molecule has 1 heterocycles. The molecule has 0 spiro atoms. The van der Waals surface area contributed by atoms with E-state index in [2.05, 4.69) is 23.8 Å². The van der Waals surface area contributed by atoms with Gasteiger partial charge in [-0.3, -0.25) is 24.0 Å². The van der Waals surface area contributed by atoms with Crippen molar-refractivity contribution in [3.63, 3.8) is 0 Å². The molecule has 0 unspecified atom stereocenters. The Kier molecular flexibility index (Phi) is 15.5. The Morgan fingerprint density at radius 1 is 1.13 bits per heavy atom. The molecule has 2 amide bonds. The zero-order chi connectivity index (χ0) is 29.7. The molecule has 0 aromatic rings. The minimum absolute atomic E-state index is 0.00913. The summed E-state index contributed by atoms with van der Waals surface area (Å²) in [5.74, 6) is -2.62. The minimum atomic E-state index is -0.917. The largest absolute Gasteiger partial charge is 0.461 e. The van der Waals surface area contributed by atoms with Gasteiger partial charge in [-0.15, -0.1) is 6.58 Å². The fourth-order valence-electron chi connectivity index (χ4n) is 4.20. The predicted molar refractivity (Wildman–Crippen MR) is 159 cm³/mol. The van der Waals surface area contributed by atoms with E-state index in [1.807, 2.05) is 13.8 Å². The first-order chi connectivity index (χ1) is 18.3. The Morgan fingerprint density at radius 2 is 1.79 bits per heavy atom. The van der Waals surface area contributed by atoms with Crippen molar-refractivity contribution in [2.45, 2.75) is 79.4 Å². The molecule has 1 aliphatic heterocycles. The van der Waals surface area contributed by atoms with Crippen LogP contribution in [0.1, 0.15) is 67.2 Å². The molecule has 1 saturated heterocycles. The lowest BCUT2D eigenvalue weighted by Gasteiger charge is -2.26. The maximum absolute atomic E-state index is 13.4. The highest BCUT2D eigenvalue weighted by Gasteiger charge is 2.34. The Bertz CT molecular complexity index is 959. The molecule has 0 aliphatic carbocycles. The zero-order valence-corrected chi connectivity index (χ0v) is 25.7. The summed E-state index contributed by atoms with van der Waals surface area (Å²) >= 11 is 0. The van der Waals surface area contributed by atoms with Crippen molar-refractivity contribution in [3.05, 3.63) is 36.6 Å². The first kappa shape index (κ1) is 34.7. The monoisotopic (exact) mass is 580 g/mol. The number of carbonyl (C=O) groups is 5. The van der Waals surface area contributed by atoms with Crippen LogP contribution in [-0.4, -0.2) is 53.0 Å². The van der Waals surface area contributed by atoms with Crippen LogP contribution in [0.2, 0.25) is 0 Å². The molecular weight excluding hydrogens is 536 g/mol. The van der Waals surface area contributed by atoms with E-state index < -0.39 is 41.8 Å². The first-order valence-electron chi connectivity index (χ1n) is 13.4. The number of rotatable bonds is 8. The molecule has 1 aliphatic rings. The van der Waals surface area contributed by atoms with E-state index in [-0.39, 0.29) is 46.8 Å². The average Bonchev–Trinajstić information content (AvgIpc) is 2.85. The first-order valence-corrected chi connectivity index (χ1v) is 15.9. The van der Waals surface area contributed by atoms with Crippen LogP contribution in [-0.2, 0) is 28.7 Å². The van der Waals surface area contributed by atoms with E-state index in [4.69, 9.17) is 4.74 Å². The van der Waals surface area contributed by atoms with Gasteiger partial charge in [0.25, 0.3) is 0 Å². The maximum atomic E-state index is 13.4. The number of ketones is 2. The average molecular weight is 581 g/mol. The summed E-state index contributed by atoms with van der Waals surface area (Å²) in [6.07, 6.45) is 4.44. The summed E-state index contributed by atoms with van der Waals surface area (Å²) < 4.78 is 5.78. The SMILES string of the molecule is C=C[C@H](C(=O)O[C@@H]1CCCCSSC[C@H](C(=O)N/C(=C\C)C(C)=O)NC(=O)[C@@H](C(C)C)C(=C)C(=O)C1)C(C)C. The Morgan fingerprint density at radius 3 is 2.33 bits per heavy atom. The van der Waals surface area contributed by atoms with Gasteiger partial charge in [-0.1, -0.05) is 68.0 Å². The molecule has 10 heteroatoms. The minimum Gasteiger partial charge on any atom is -0.461 e. The van der Waals surface area contributed by atoms with Crippen molar-refractivity contribution in [1.29, 1.82) is 0 Å². The van der Waals surface area contributed by atoms with Gasteiger partial charge in [-0.2, -0.15) is 0 Å². The van der Waals surface area contributed by atoms with Gasteiger partial charge in [0.1, 0.15) is 12.1 Å². The second kappa shape index (κ2) is 17.4. The number of ether oxygens (including phenoxy) is 1. The zero-order valence-electron chi connectivity index (χ0n) is 24.0. The van der Waals surface area contributed by atoms with Crippen molar-refractivity contribution < 1.29 is 28.7 Å². The van der Waals surface area contributed by atoms with Crippen molar-refractivity contribution in [2.24, 2.45) is 23.7 Å². The summed E-state index contributed by atoms with van der Waals surface area (Å²) in [5.41, 5.74) is 0.265. The summed E-state index contributed by atoms with van der Waals surface area (Å²) in [6, 6.07) is -0.917. The van der Waals surface area contributed by atoms with Crippen molar-refractivity contribution in [2.75, 3.05) is 11.5 Å². The number of esters is 1. The lowest BCUT2D eigenvalue weighted by molar-refractivity contribution is -0.155. The van der Waals surface area contributed by atoms with E-state index in [1.54, 1.807) is 37.6 Å². The highest BCUT2D eigenvalue weighted by molar-refractivity contribution is 8.76. The summed E-state index contributed by atoms with van der Waals surface area (Å²) in [6.45, 7) is 18.1. The normalized spacial score (nSPS) is 23.3. The Balaban J connectivity index is 3.21. The van der Waals surface area contributed by atoms with Crippen LogP contribution < -0.4 is 10.6 Å². The fraction of sp³-hybridized carbons (Fsp3) is 0.621. The predicted octanol–water partition coefficient (Wildman–Crippen LogP) is 4.80. The molecule has 218 valence electrons. The van der Waals surface area contributed by atoms with Crippen molar-refractivity contribution in [1.82, 2.24) is 10.6 Å². The van der Waals surface area contributed by atoms with Crippen LogP contribution >= 0.6 is 21.6 Å². The highest BCUT2D eigenvalue weighted by Crippen LogP contribution is 2.28. The van der Waals surface area contributed by atoms with Gasteiger partial charge in [0.2, 0.25) is 11.8 Å². The molecule has 1 fully saturated rings. The Labute approximate surface area is 241 Å². The van der Waals surface area contributed by atoms with Crippen LogP contribution in [0.15, 0.2) is 36.6 Å². The topological polar surface area (TPSA) is 119 Å². The quantitative estimate of drug-likeness (QED) is 0.182. The molecule has 39 heavy (non-hydrogen) atoms. The smallest absolute Gasteiger partial charge is 0.313 e. The van der Waals surface area contributed by atoms with Gasteiger partial charge in [0, 0.05) is 30.4 Å². The molecular formula is C29H44N2O6S2. The second-order valence-corrected chi connectivity index (χ2v) is 13.0. The summed E-state index contributed by atoms with van der Waals surface area (Å²) in [5, 5.41) is 5.38. The summed E-state index contributed by atoms with van der Waals surface area (Å²) in [4.78, 5) is 64.4. The van der Waals surface area contributed by atoms with Crippen LogP contribution in [0.3, 0.4) is 0 Å². The third-order valence-electron chi connectivity index (χ3n) is 6.50. The van der Waals surface area contributed by atoms with E-state index in [1.165, 1.54) is 23.8 Å². The molecule has 0 saturated carbocycles. The van der Waals surface area contributed by atoms with Crippen LogP contribution in [0, 0.1) is 23.7 Å². The van der Waals surface area contributed by atoms with E-state index in [0.717, 1.165) is 18.6 Å². The van der Waals surface area contributed by atoms with E-state index in [9.17, 15) is 24.0 Å². The lowest BCUT2D eigenvalue weighted by Crippen LogP contribution is -2.51.